The van der Waals surface area contributed by atoms with Gasteiger partial charge in [0.25, 0.3) is 0 Å². The lowest BCUT2D eigenvalue weighted by atomic mass is 9.79. The molecule has 3 rings (SSSR count). The zero-order valence-corrected chi connectivity index (χ0v) is 15.0. The third-order valence-corrected chi connectivity index (χ3v) is 4.52. The zero-order chi connectivity index (χ0) is 17.9. The lowest BCUT2D eigenvalue weighted by Crippen LogP contribution is -2.35. The standard InChI is InChI=1S/C22H19ClO2/c1-16-12-14-19(15-13-16)22(25-17(2)24,18-8-4-3-5-9-18)20-10-6-7-11-21(20)23/h3-15H,1-2H3. The second-order valence-corrected chi connectivity index (χ2v) is 6.39. The summed E-state index contributed by atoms with van der Waals surface area (Å²) in [5.41, 5.74) is 2.48. The van der Waals surface area contributed by atoms with Crippen molar-refractivity contribution in [2.45, 2.75) is 19.4 Å². The maximum Gasteiger partial charge on any atom is 0.304 e. The van der Waals surface area contributed by atoms with Crippen LogP contribution in [0, 0.1) is 6.92 Å². The summed E-state index contributed by atoms with van der Waals surface area (Å²) in [7, 11) is 0. The molecule has 3 heteroatoms. The highest BCUT2D eigenvalue weighted by molar-refractivity contribution is 6.31. The van der Waals surface area contributed by atoms with E-state index in [4.69, 9.17) is 16.3 Å². The van der Waals surface area contributed by atoms with Gasteiger partial charge in [0.2, 0.25) is 0 Å². The zero-order valence-electron chi connectivity index (χ0n) is 14.2. The molecule has 0 saturated heterocycles. The van der Waals surface area contributed by atoms with Crippen LogP contribution in [0.3, 0.4) is 0 Å². The Morgan fingerprint density at radius 3 is 2.00 bits per heavy atom. The third-order valence-electron chi connectivity index (χ3n) is 4.19. The molecular formula is C22H19ClO2. The van der Waals surface area contributed by atoms with Crippen molar-refractivity contribution in [3.8, 4) is 0 Å². The Kier molecular flexibility index (Phi) is 4.91. The summed E-state index contributed by atoms with van der Waals surface area (Å²) >= 11 is 6.53. The van der Waals surface area contributed by atoms with Crippen LogP contribution in [0.25, 0.3) is 0 Å². The van der Waals surface area contributed by atoms with Crippen LogP contribution < -0.4 is 0 Å². The van der Waals surface area contributed by atoms with Gasteiger partial charge in [0.15, 0.2) is 5.60 Å². The van der Waals surface area contributed by atoms with Crippen molar-refractivity contribution < 1.29 is 9.53 Å². The molecule has 3 aromatic carbocycles. The van der Waals surface area contributed by atoms with Crippen molar-refractivity contribution in [1.82, 2.24) is 0 Å². The van der Waals surface area contributed by atoms with Gasteiger partial charge in [-0.3, -0.25) is 4.79 Å². The normalized spacial score (nSPS) is 13.1. The summed E-state index contributed by atoms with van der Waals surface area (Å²) in [5.74, 6) is -0.371. The minimum atomic E-state index is -1.10. The molecule has 0 heterocycles. The molecule has 0 aliphatic carbocycles. The van der Waals surface area contributed by atoms with E-state index in [1.165, 1.54) is 6.92 Å². The Labute approximate surface area is 153 Å². The minimum Gasteiger partial charge on any atom is -0.444 e. The van der Waals surface area contributed by atoms with E-state index < -0.39 is 5.60 Å². The Morgan fingerprint density at radius 1 is 0.840 bits per heavy atom. The average molecular weight is 351 g/mol. The highest BCUT2D eigenvalue weighted by Gasteiger charge is 2.41. The molecule has 0 N–H and O–H groups in total. The van der Waals surface area contributed by atoms with Crippen LogP contribution >= 0.6 is 11.6 Å². The number of halogens is 1. The first-order valence-electron chi connectivity index (χ1n) is 8.11. The van der Waals surface area contributed by atoms with E-state index in [-0.39, 0.29) is 5.97 Å². The first-order chi connectivity index (χ1) is 12.0. The molecule has 0 radical (unpaired) electrons. The Balaban J connectivity index is 2.37. The SMILES string of the molecule is CC(=O)OC(c1ccccc1)(c1ccc(C)cc1)c1ccccc1Cl. The Morgan fingerprint density at radius 2 is 1.40 bits per heavy atom. The first kappa shape index (κ1) is 17.2. The van der Waals surface area contributed by atoms with Gasteiger partial charge in [-0.1, -0.05) is 90.0 Å². The van der Waals surface area contributed by atoms with E-state index in [1.807, 2.05) is 85.8 Å². The van der Waals surface area contributed by atoms with E-state index in [9.17, 15) is 4.79 Å². The largest absolute Gasteiger partial charge is 0.444 e. The molecule has 0 aromatic heterocycles. The van der Waals surface area contributed by atoms with Crippen molar-refractivity contribution in [2.24, 2.45) is 0 Å². The number of benzene rings is 3. The van der Waals surface area contributed by atoms with E-state index in [0.717, 1.165) is 22.3 Å². The molecule has 0 aliphatic rings. The first-order valence-corrected chi connectivity index (χ1v) is 8.49. The van der Waals surface area contributed by atoms with Crippen LogP contribution in [0.15, 0.2) is 78.9 Å². The summed E-state index contributed by atoms with van der Waals surface area (Å²) in [5, 5.41) is 0.549. The highest BCUT2D eigenvalue weighted by atomic mass is 35.5. The van der Waals surface area contributed by atoms with Crippen molar-refractivity contribution >= 4 is 17.6 Å². The van der Waals surface area contributed by atoms with Gasteiger partial charge in [0.05, 0.1) is 0 Å². The van der Waals surface area contributed by atoms with Gasteiger partial charge in [0, 0.05) is 28.6 Å². The molecule has 0 fully saturated rings. The van der Waals surface area contributed by atoms with E-state index >= 15 is 0 Å². The quantitative estimate of drug-likeness (QED) is 0.458. The maximum absolute atomic E-state index is 12.1. The van der Waals surface area contributed by atoms with Gasteiger partial charge in [0.1, 0.15) is 0 Å². The lowest BCUT2D eigenvalue weighted by molar-refractivity contribution is -0.150. The monoisotopic (exact) mass is 350 g/mol. The summed E-state index contributed by atoms with van der Waals surface area (Å²) in [6.07, 6.45) is 0. The summed E-state index contributed by atoms with van der Waals surface area (Å²) in [6, 6.07) is 25.1. The number of ether oxygens (including phenoxy) is 1. The third kappa shape index (κ3) is 3.31. The van der Waals surface area contributed by atoms with Crippen LogP contribution in [-0.4, -0.2) is 5.97 Å². The smallest absolute Gasteiger partial charge is 0.304 e. The topological polar surface area (TPSA) is 26.3 Å². The van der Waals surface area contributed by atoms with E-state index in [2.05, 4.69) is 0 Å². The van der Waals surface area contributed by atoms with E-state index in [0.29, 0.717) is 5.02 Å². The Bertz CT molecular complexity index is 872. The molecule has 0 bridgehead atoms. The number of carbonyl (C=O) groups excluding carboxylic acids is 1. The lowest BCUT2D eigenvalue weighted by Gasteiger charge is -2.35. The fraction of sp³-hybridized carbons (Fsp3) is 0.136. The van der Waals surface area contributed by atoms with Gasteiger partial charge >= 0.3 is 5.97 Å². The highest BCUT2D eigenvalue weighted by Crippen LogP contribution is 2.43. The fourth-order valence-corrected chi connectivity index (χ4v) is 3.34. The molecule has 25 heavy (non-hydrogen) atoms. The van der Waals surface area contributed by atoms with Crippen LogP contribution in [0.2, 0.25) is 5.02 Å². The molecule has 0 aliphatic heterocycles. The summed E-state index contributed by atoms with van der Waals surface area (Å²) < 4.78 is 5.99. The molecule has 0 saturated carbocycles. The predicted molar refractivity (Wildman–Crippen MR) is 101 cm³/mol. The number of hydrogen-bond donors (Lipinski definition) is 0. The molecule has 3 aromatic rings. The summed E-state index contributed by atoms with van der Waals surface area (Å²) in [6.45, 7) is 3.44. The second-order valence-electron chi connectivity index (χ2n) is 5.99. The van der Waals surface area contributed by atoms with Crippen LogP contribution in [0.5, 0.6) is 0 Å². The molecule has 1 atom stereocenters. The van der Waals surface area contributed by atoms with Crippen LogP contribution in [0.4, 0.5) is 0 Å². The number of aryl methyl sites for hydroxylation is 1. The van der Waals surface area contributed by atoms with E-state index in [1.54, 1.807) is 0 Å². The molecule has 0 spiro atoms. The number of carbonyl (C=O) groups is 1. The van der Waals surface area contributed by atoms with Crippen molar-refractivity contribution in [3.05, 3.63) is 106 Å². The molecule has 0 amide bonds. The molecule has 126 valence electrons. The van der Waals surface area contributed by atoms with Crippen LogP contribution in [0.1, 0.15) is 29.2 Å². The molecular weight excluding hydrogens is 332 g/mol. The summed E-state index contributed by atoms with van der Waals surface area (Å²) in [4.78, 5) is 12.1. The van der Waals surface area contributed by atoms with Gasteiger partial charge in [-0.15, -0.1) is 0 Å². The van der Waals surface area contributed by atoms with Gasteiger partial charge < -0.3 is 4.74 Å². The maximum atomic E-state index is 12.1. The predicted octanol–water partition coefficient (Wildman–Crippen LogP) is 5.50. The number of rotatable bonds is 4. The van der Waals surface area contributed by atoms with Gasteiger partial charge in [-0.25, -0.2) is 0 Å². The van der Waals surface area contributed by atoms with Crippen molar-refractivity contribution in [3.63, 3.8) is 0 Å². The number of esters is 1. The molecule has 2 nitrogen and oxygen atoms in total. The molecule has 1 unspecified atom stereocenters. The minimum absolute atomic E-state index is 0.371. The van der Waals surface area contributed by atoms with Crippen molar-refractivity contribution in [1.29, 1.82) is 0 Å². The van der Waals surface area contributed by atoms with Crippen LogP contribution in [-0.2, 0) is 15.1 Å². The van der Waals surface area contributed by atoms with Crippen molar-refractivity contribution in [2.75, 3.05) is 0 Å². The second kappa shape index (κ2) is 7.12. The van der Waals surface area contributed by atoms with Gasteiger partial charge in [-0.2, -0.15) is 0 Å². The average Bonchev–Trinajstić information content (AvgIpc) is 2.62. The van der Waals surface area contributed by atoms with Gasteiger partial charge in [-0.05, 0) is 13.0 Å². The fourth-order valence-electron chi connectivity index (χ4n) is 3.07. The Hall–Kier alpha value is -2.58. The number of hydrogen-bond acceptors (Lipinski definition) is 2.